The van der Waals surface area contributed by atoms with Crippen LogP contribution in [0.2, 0.25) is 0 Å². The minimum Gasteiger partial charge on any atom is -0.481 e. The van der Waals surface area contributed by atoms with Gasteiger partial charge in [-0.3, -0.25) is 4.79 Å². The lowest BCUT2D eigenvalue weighted by molar-refractivity contribution is -0.133. The number of aliphatic carboxylic acids is 1. The minimum absolute atomic E-state index is 0.0674. The molecule has 0 aliphatic carbocycles. The molecule has 0 amide bonds. The zero-order chi connectivity index (χ0) is 9.84. The molecule has 1 N–H and O–H groups in total. The van der Waals surface area contributed by atoms with Gasteiger partial charge in [0.2, 0.25) is 0 Å². The number of carbonyl (C=O) groups is 1. The van der Waals surface area contributed by atoms with Crippen LogP contribution in [0.1, 0.15) is 0 Å². The third-order valence-corrected chi connectivity index (χ3v) is 3.24. The van der Waals surface area contributed by atoms with E-state index in [-0.39, 0.29) is 11.6 Å². The summed E-state index contributed by atoms with van der Waals surface area (Å²) in [7, 11) is 0. The van der Waals surface area contributed by atoms with Gasteiger partial charge in [-0.1, -0.05) is 0 Å². The highest BCUT2D eigenvalue weighted by Crippen LogP contribution is 2.27. The van der Waals surface area contributed by atoms with Gasteiger partial charge < -0.3 is 5.11 Å². The predicted molar refractivity (Wildman–Crippen MR) is 52.5 cm³/mol. The van der Waals surface area contributed by atoms with Gasteiger partial charge >= 0.3 is 5.97 Å². The zero-order valence-corrected chi connectivity index (χ0v) is 8.86. The molecule has 0 spiro atoms. The number of hydrogen-bond donors (Lipinski definition) is 1. The molecule has 1 aromatic carbocycles. The van der Waals surface area contributed by atoms with Crippen molar-refractivity contribution in [1.82, 2.24) is 0 Å². The van der Waals surface area contributed by atoms with Crippen LogP contribution in [0.4, 0.5) is 4.39 Å². The Hall–Kier alpha value is -0.550. The van der Waals surface area contributed by atoms with Gasteiger partial charge in [0.05, 0.1) is 5.75 Å². The number of carboxylic acids is 1. The van der Waals surface area contributed by atoms with Gasteiger partial charge in [0.15, 0.2) is 0 Å². The van der Waals surface area contributed by atoms with E-state index < -0.39 is 5.97 Å². The van der Waals surface area contributed by atoms with Crippen LogP contribution in [0.25, 0.3) is 0 Å². The number of hydrogen-bond acceptors (Lipinski definition) is 2. The molecule has 0 heterocycles. The van der Waals surface area contributed by atoms with E-state index in [1.165, 1.54) is 12.1 Å². The van der Waals surface area contributed by atoms with Crippen molar-refractivity contribution < 1.29 is 14.3 Å². The highest BCUT2D eigenvalue weighted by molar-refractivity contribution is 9.10. The zero-order valence-electron chi connectivity index (χ0n) is 6.46. The summed E-state index contributed by atoms with van der Waals surface area (Å²) in [5.41, 5.74) is 0. The van der Waals surface area contributed by atoms with E-state index in [2.05, 4.69) is 15.9 Å². The number of carboxylic acid groups (broad SMARTS) is 1. The molecule has 1 aromatic rings. The number of rotatable bonds is 3. The average Bonchev–Trinajstić information content (AvgIpc) is 2.06. The van der Waals surface area contributed by atoms with Crippen LogP contribution in [0.15, 0.2) is 27.6 Å². The average molecular weight is 265 g/mol. The molecule has 5 heteroatoms. The van der Waals surface area contributed by atoms with E-state index in [1.54, 1.807) is 6.07 Å². The lowest BCUT2D eigenvalue weighted by atomic mass is 10.3. The van der Waals surface area contributed by atoms with Crippen molar-refractivity contribution in [3.8, 4) is 0 Å². The van der Waals surface area contributed by atoms with Crippen molar-refractivity contribution in [2.75, 3.05) is 5.75 Å². The van der Waals surface area contributed by atoms with Crippen molar-refractivity contribution >= 4 is 33.7 Å². The largest absolute Gasteiger partial charge is 0.481 e. The molecular formula is C8H6BrFO2S. The highest BCUT2D eigenvalue weighted by Gasteiger charge is 2.04. The fourth-order valence-electron chi connectivity index (χ4n) is 0.727. The Kier molecular flexibility index (Phi) is 3.74. The first-order valence-corrected chi connectivity index (χ1v) is 5.17. The lowest BCUT2D eigenvalue weighted by Gasteiger charge is -2.01. The first kappa shape index (κ1) is 10.5. The normalized spacial score (nSPS) is 10.0. The van der Waals surface area contributed by atoms with Crippen molar-refractivity contribution in [3.05, 3.63) is 28.5 Å². The second-order valence-corrected chi connectivity index (χ2v) is 4.13. The van der Waals surface area contributed by atoms with Crippen LogP contribution in [0.3, 0.4) is 0 Å². The maximum Gasteiger partial charge on any atom is 0.313 e. The molecule has 70 valence electrons. The molecular weight excluding hydrogens is 259 g/mol. The fraction of sp³-hybridized carbons (Fsp3) is 0.125. The Bertz CT molecular complexity index is 330. The van der Waals surface area contributed by atoms with Crippen LogP contribution in [0, 0.1) is 5.82 Å². The first-order chi connectivity index (χ1) is 6.09. The van der Waals surface area contributed by atoms with Gasteiger partial charge in [-0.05, 0) is 34.1 Å². The summed E-state index contributed by atoms with van der Waals surface area (Å²) in [5.74, 6) is -1.35. The maximum absolute atomic E-state index is 12.7. The Balaban J connectivity index is 2.75. The Labute approximate surface area is 87.3 Å². The smallest absolute Gasteiger partial charge is 0.313 e. The van der Waals surface area contributed by atoms with Gasteiger partial charge in [0.1, 0.15) is 5.82 Å². The quantitative estimate of drug-likeness (QED) is 0.854. The van der Waals surface area contributed by atoms with E-state index in [0.29, 0.717) is 9.37 Å². The highest BCUT2D eigenvalue weighted by atomic mass is 79.9. The number of benzene rings is 1. The second-order valence-electron chi connectivity index (χ2n) is 2.26. The van der Waals surface area contributed by atoms with Crippen molar-refractivity contribution in [3.63, 3.8) is 0 Å². The molecule has 0 bridgehead atoms. The molecule has 0 unspecified atom stereocenters. The topological polar surface area (TPSA) is 37.3 Å². The van der Waals surface area contributed by atoms with E-state index in [0.717, 1.165) is 11.8 Å². The van der Waals surface area contributed by atoms with E-state index >= 15 is 0 Å². The summed E-state index contributed by atoms with van der Waals surface area (Å²) in [4.78, 5) is 10.8. The summed E-state index contributed by atoms with van der Waals surface area (Å²) in [6.45, 7) is 0. The van der Waals surface area contributed by atoms with E-state index in [4.69, 9.17) is 5.11 Å². The van der Waals surface area contributed by atoms with E-state index in [1.807, 2.05) is 0 Å². The van der Waals surface area contributed by atoms with Gasteiger partial charge in [-0.15, -0.1) is 11.8 Å². The fourth-order valence-corrected chi connectivity index (χ4v) is 2.00. The van der Waals surface area contributed by atoms with Gasteiger partial charge in [0, 0.05) is 9.37 Å². The van der Waals surface area contributed by atoms with E-state index in [9.17, 15) is 9.18 Å². The number of thioether (sulfide) groups is 1. The molecule has 0 fully saturated rings. The summed E-state index contributed by atoms with van der Waals surface area (Å²) >= 11 is 4.28. The second kappa shape index (κ2) is 4.62. The predicted octanol–water partition coefficient (Wildman–Crippen LogP) is 2.76. The molecule has 2 nitrogen and oxygen atoms in total. The van der Waals surface area contributed by atoms with Crippen LogP contribution in [-0.4, -0.2) is 16.8 Å². The summed E-state index contributed by atoms with van der Waals surface area (Å²) in [6.07, 6.45) is 0. The molecule has 1 rings (SSSR count). The summed E-state index contributed by atoms with van der Waals surface area (Å²) in [6, 6.07) is 4.17. The van der Waals surface area contributed by atoms with Crippen LogP contribution >= 0.6 is 27.7 Å². The van der Waals surface area contributed by atoms with Gasteiger partial charge in [0.25, 0.3) is 0 Å². The summed E-state index contributed by atoms with van der Waals surface area (Å²) in [5, 5.41) is 8.41. The van der Waals surface area contributed by atoms with Gasteiger partial charge in [-0.25, -0.2) is 4.39 Å². The van der Waals surface area contributed by atoms with Crippen molar-refractivity contribution in [1.29, 1.82) is 0 Å². The molecule has 0 saturated carbocycles. The third-order valence-electron chi connectivity index (χ3n) is 1.24. The first-order valence-electron chi connectivity index (χ1n) is 3.39. The molecule has 0 aliphatic rings. The SMILES string of the molecule is O=C(O)CSc1cc(F)ccc1Br. The third kappa shape index (κ3) is 3.36. The van der Waals surface area contributed by atoms with Gasteiger partial charge in [-0.2, -0.15) is 0 Å². The lowest BCUT2D eigenvalue weighted by Crippen LogP contribution is -1.97. The molecule has 13 heavy (non-hydrogen) atoms. The Morgan fingerprint density at radius 3 is 2.92 bits per heavy atom. The van der Waals surface area contributed by atoms with Crippen LogP contribution in [0.5, 0.6) is 0 Å². The molecule has 0 aromatic heterocycles. The molecule has 0 aliphatic heterocycles. The monoisotopic (exact) mass is 264 g/mol. The molecule has 0 radical (unpaired) electrons. The molecule has 0 saturated heterocycles. The van der Waals surface area contributed by atoms with Crippen molar-refractivity contribution in [2.45, 2.75) is 4.90 Å². The molecule has 0 atom stereocenters. The Morgan fingerprint density at radius 1 is 1.62 bits per heavy atom. The number of halogens is 2. The maximum atomic E-state index is 12.7. The summed E-state index contributed by atoms with van der Waals surface area (Å²) < 4.78 is 13.4. The Morgan fingerprint density at radius 2 is 2.31 bits per heavy atom. The standard InChI is InChI=1S/C8H6BrFO2S/c9-6-2-1-5(10)3-7(6)13-4-8(11)12/h1-3H,4H2,(H,11,12). The van der Waals surface area contributed by atoms with Crippen LogP contribution < -0.4 is 0 Å². The van der Waals surface area contributed by atoms with Crippen molar-refractivity contribution in [2.24, 2.45) is 0 Å². The minimum atomic E-state index is -0.916. The van der Waals surface area contributed by atoms with Crippen LogP contribution in [-0.2, 0) is 4.79 Å².